The fourth-order valence-electron chi connectivity index (χ4n) is 1.93. The second kappa shape index (κ2) is 7.31. The topological polar surface area (TPSA) is 98.0 Å². The Kier molecular flexibility index (Phi) is 5.19. The first-order valence-corrected chi connectivity index (χ1v) is 7.12. The quantitative estimate of drug-likeness (QED) is 0.791. The highest BCUT2D eigenvalue weighted by atomic mass is 16.1. The molecule has 0 saturated carbocycles. The Bertz CT molecular complexity index is 708. The van der Waals surface area contributed by atoms with Gasteiger partial charge in [-0.1, -0.05) is 12.6 Å². The van der Waals surface area contributed by atoms with E-state index in [4.69, 9.17) is 5.73 Å². The van der Waals surface area contributed by atoms with Gasteiger partial charge in [-0.15, -0.1) is 0 Å². The first-order chi connectivity index (χ1) is 11.0. The standard InChI is InChI=1S/C17H18N4O2/c1-3-16(22)21-10-14-6-4-13(9-19-14)15-7-5-12(8-20-15)11(2)17(18)23/h3-9,11H,1,10H2,2H3,(H2,18,23)(H,21,22). The highest BCUT2D eigenvalue weighted by Crippen LogP contribution is 2.19. The molecule has 0 aliphatic rings. The number of aromatic nitrogens is 2. The highest BCUT2D eigenvalue weighted by Gasteiger charge is 2.12. The number of hydrogen-bond donors (Lipinski definition) is 2. The molecule has 1 unspecified atom stereocenters. The van der Waals surface area contributed by atoms with Crippen LogP contribution in [0.1, 0.15) is 24.1 Å². The third-order valence-electron chi connectivity index (χ3n) is 3.46. The van der Waals surface area contributed by atoms with E-state index in [1.807, 2.05) is 24.3 Å². The molecule has 0 aliphatic heterocycles. The van der Waals surface area contributed by atoms with E-state index in [1.165, 1.54) is 6.08 Å². The molecule has 0 bridgehead atoms. The number of carbonyl (C=O) groups is 2. The fraction of sp³-hybridized carbons (Fsp3) is 0.176. The van der Waals surface area contributed by atoms with Gasteiger partial charge in [0.05, 0.1) is 23.9 Å². The lowest BCUT2D eigenvalue weighted by atomic mass is 10.0. The van der Waals surface area contributed by atoms with Crippen molar-refractivity contribution in [3.63, 3.8) is 0 Å². The molecule has 0 radical (unpaired) electrons. The van der Waals surface area contributed by atoms with Crippen LogP contribution < -0.4 is 11.1 Å². The maximum absolute atomic E-state index is 11.2. The summed E-state index contributed by atoms with van der Waals surface area (Å²) in [5.74, 6) is -0.991. The van der Waals surface area contributed by atoms with E-state index in [-0.39, 0.29) is 17.7 Å². The summed E-state index contributed by atoms with van der Waals surface area (Å²) in [7, 11) is 0. The van der Waals surface area contributed by atoms with Crippen LogP contribution >= 0.6 is 0 Å². The molecule has 2 aromatic rings. The molecule has 0 spiro atoms. The van der Waals surface area contributed by atoms with Crippen molar-refractivity contribution in [2.24, 2.45) is 5.73 Å². The lowest BCUT2D eigenvalue weighted by Crippen LogP contribution is -2.20. The van der Waals surface area contributed by atoms with Gasteiger partial charge in [0.1, 0.15) is 0 Å². The molecule has 2 heterocycles. The highest BCUT2D eigenvalue weighted by molar-refractivity contribution is 5.86. The molecule has 2 aromatic heterocycles. The largest absolute Gasteiger partial charge is 0.369 e. The minimum absolute atomic E-state index is 0.239. The number of nitrogens with zero attached hydrogens (tertiary/aromatic N) is 2. The smallest absolute Gasteiger partial charge is 0.243 e. The van der Waals surface area contributed by atoms with Crippen molar-refractivity contribution in [2.45, 2.75) is 19.4 Å². The summed E-state index contributed by atoms with van der Waals surface area (Å²) in [6, 6.07) is 7.35. The van der Waals surface area contributed by atoms with Crippen molar-refractivity contribution in [1.82, 2.24) is 15.3 Å². The predicted octanol–water partition coefficient (Wildman–Crippen LogP) is 1.53. The zero-order chi connectivity index (χ0) is 16.8. The van der Waals surface area contributed by atoms with E-state index in [0.29, 0.717) is 6.54 Å². The third-order valence-corrected chi connectivity index (χ3v) is 3.46. The van der Waals surface area contributed by atoms with Crippen LogP contribution in [0.2, 0.25) is 0 Å². The Morgan fingerprint density at radius 3 is 2.57 bits per heavy atom. The van der Waals surface area contributed by atoms with Gasteiger partial charge in [-0.25, -0.2) is 0 Å². The van der Waals surface area contributed by atoms with Crippen LogP contribution in [0.15, 0.2) is 49.3 Å². The van der Waals surface area contributed by atoms with Gasteiger partial charge in [-0.3, -0.25) is 19.6 Å². The summed E-state index contributed by atoms with van der Waals surface area (Å²) < 4.78 is 0. The van der Waals surface area contributed by atoms with Gasteiger partial charge in [0.25, 0.3) is 0 Å². The summed E-state index contributed by atoms with van der Waals surface area (Å²) in [4.78, 5) is 30.9. The van der Waals surface area contributed by atoms with Crippen molar-refractivity contribution in [3.05, 3.63) is 60.6 Å². The van der Waals surface area contributed by atoms with Crippen molar-refractivity contribution < 1.29 is 9.59 Å². The predicted molar refractivity (Wildman–Crippen MR) is 87.1 cm³/mol. The molecule has 0 aliphatic carbocycles. The SMILES string of the molecule is C=CC(=O)NCc1ccc(-c2ccc(C(C)C(N)=O)cn2)cn1. The molecule has 0 aromatic carbocycles. The molecule has 1 atom stereocenters. The molecule has 3 N–H and O–H groups in total. The first-order valence-electron chi connectivity index (χ1n) is 7.12. The van der Waals surface area contributed by atoms with E-state index in [1.54, 1.807) is 19.3 Å². The van der Waals surface area contributed by atoms with Crippen LogP contribution in [-0.2, 0) is 16.1 Å². The van der Waals surface area contributed by atoms with Crippen LogP contribution in [0, 0.1) is 0 Å². The summed E-state index contributed by atoms with van der Waals surface area (Å²) in [6.07, 6.45) is 4.55. The summed E-state index contributed by atoms with van der Waals surface area (Å²) in [6.45, 7) is 5.47. The third kappa shape index (κ3) is 4.23. The maximum Gasteiger partial charge on any atom is 0.243 e. The van der Waals surface area contributed by atoms with Gasteiger partial charge >= 0.3 is 0 Å². The number of hydrogen-bond acceptors (Lipinski definition) is 4. The van der Waals surface area contributed by atoms with Gasteiger partial charge in [-0.05, 0) is 36.8 Å². The number of primary amides is 1. The van der Waals surface area contributed by atoms with E-state index in [0.717, 1.165) is 22.5 Å². The summed E-state index contributed by atoms with van der Waals surface area (Å²) >= 11 is 0. The molecule has 0 saturated heterocycles. The van der Waals surface area contributed by atoms with Crippen molar-refractivity contribution >= 4 is 11.8 Å². The van der Waals surface area contributed by atoms with Crippen LogP contribution in [0.3, 0.4) is 0 Å². The fourth-order valence-corrected chi connectivity index (χ4v) is 1.93. The van der Waals surface area contributed by atoms with Crippen LogP contribution in [0.5, 0.6) is 0 Å². The number of carbonyl (C=O) groups excluding carboxylic acids is 2. The molecule has 23 heavy (non-hydrogen) atoms. The Morgan fingerprint density at radius 1 is 1.26 bits per heavy atom. The summed E-state index contributed by atoms with van der Waals surface area (Å²) in [5, 5.41) is 2.66. The van der Waals surface area contributed by atoms with Crippen molar-refractivity contribution in [1.29, 1.82) is 0 Å². The number of pyridine rings is 2. The Morgan fingerprint density at radius 2 is 2.04 bits per heavy atom. The molecular formula is C17H18N4O2. The first kappa shape index (κ1) is 16.4. The summed E-state index contributed by atoms with van der Waals surface area (Å²) in [5.41, 5.74) is 8.39. The molecule has 6 heteroatoms. The van der Waals surface area contributed by atoms with Crippen LogP contribution in [0.25, 0.3) is 11.3 Å². The van der Waals surface area contributed by atoms with Gasteiger partial charge in [0.2, 0.25) is 11.8 Å². The number of amides is 2. The van der Waals surface area contributed by atoms with Crippen LogP contribution in [-0.4, -0.2) is 21.8 Å². The molecule has 2 amide bonds. The second-order valence-corrected chi connectivity index (χ2v) is 5.06. The Labute approximate surface area is 134 Å². The minimum Gasteiger partial charge on any atom is -0.369 e. The van der Waals surface area contributed by atoms with Gasteiger partial charge in [0, 0.05) is 18.0 Å². The lowest BCUT2D eigenvalue weighted by molar-refractivity contribution is -0.119. The minimum atomic E-state index is -0.382. The molecule has 0 fully saturated rings. The number of rotatable bonds is 6. The molecular weight excluding hydrogens is 292 g/mol. The van der Waals surface area contributed by atoms with E-state index in [2.05, 4.69) is 21.9 Å². The van der Waals surface area contributed by atoms with E-state index >= 15 is 0 Å². The average molecular weight is 310 g/mol. The molecule has 118 valence electrons. The van der Waals surface area contributed by atoms with Gasteiger partial charge in [-0.2, -0.15) is 0 Å². The van der Waals surface area contributed by atoms with Gasteiger partial charge in [0.15, 0.2) is 0 Å². The second-order valence-electron chi connectivity index (χ2n) is 5.06. The lowest BCUT2D eigenvalue weighted by Gasteiger charge is -2.08. The van der Waals surface area contributed by atoms with Crippen molar-refractivity contribution in [2.75, 3.05) is 0 Å². The maximum atomic E-state index is 11.2. The average Bonchev–Trinajstić information content (AvgIpc) is 2.59. The van der Waals surface area contributed by atoms with E-state index < -0.39 is 0 Å². The van der Waals surface area contributed by atoms with E-state index in [9.17, 15) is 9.59 Å². The number of nitrogens with two attached hydrogens (primary N) is 1. The number of nitrogens with one attached hydrogen (secondary N) is 1. The molecule has 6 nitrogen and oxygen atoms in total. The van der Waals surface area contributed by atoms with Crippen LogP contribution in [0.4, 0.5) is 0 Å². The zero-order valence-corrected chi connectivity index (χ0v) is 12.8. The Balaban J connectivity index is 2.08. The zero-order valence-electron chi connectivity index (χ0n) is 12.8. The molecule has 2 rings (SSSR count). The Hall–Kier alpha value is -3.02. The van der Waals surface area contributed by atoms with Gasteiger partial charge < -0.3 is 11.1 Å². The monoisotopic (exact) mass is 310 g/mol. The van der Waals surface area contributed by atoms with Crippen molar-refractivity contribution in [3.8, 4) is 11.3 Å². The normalized spacial score (nSPS) is 11.5.